The smallest absolute Gasteiger partial charge is 0.262 e. The van der Waals surface area contributed by atoms with Crippen LogP contribution >= 0.6 is 0 Å². The lowest BCUT2D eigenvalue weighted by molar-refractivity contribution is -0.118. The third kappa shape index (κ3) is 4.60. The molecule has 0 spiro atoms. The van der Waals surface area contributed by atoms with Crippen molar-refractivity contribution in [2.75, 3.05) is 18.5 Å². The first-order valence-electron chi connectivity index (χ1n) is 9.42. The Bertz CT molecular complexity index is 960. The van der Waals surface area contributed by atoms with Crippen molar-refractivity contribution < 1.29 is 14.3 Å². The highest BCUT2D eigenvalue weighted by molar-refractivity contribution is 6.03. The maximum atomic E-state index is 12.4. The highest BCUT2D eigenvalue weighted by Gasteiger charge is 2.14. The van der Waals surface area contributed by atoms with Crippen molar-refractivity contribution in [3.63, 3.8) is 0 Å². The van der Waals surface area contributed by atoms with Crippen LogP contribution in [0.5, 0.6) is 11.5 Å². The van der Waals surface area contributed by atoms with Crippen LogP contribution in [0.1, 0.15) is 33.3 Å². The van der Waals surface area contributed by atoms with Gasteiger partial charge in [0.15, 0.2) is 6.61 Å². The average Bonchev–Trinajstić information content (AvgIpc) is 2.68. The van der Waals surface area contributed by atoms with Crippen LogP contribution in [0, 0.1) is 0 Å². The number of nitrogens with zero attached hydrogens (tertiary/aromatic N) is 1. The molecule has 3 aromatic rings. The number of fused-ring (bicyclic) bond motifs is 1. The van der Waals surface area contributed by atoms with Gasteiger partial charge in [-0.05, 0) is 54.3 Å². The second-order valence-corrected chi connectivity index (χ2v) is 7.56. The SMILES string of the molecule is CCOc1ccc(NC(=O)COc2ccc(C(C)(C)C)cc2)c2cccnc12. The molecule has 5 nitrogen and oxygen atoms in total. The maximum absolute atomic E-state index is 12.4. The average molecular weight is 378 g/mol. The molecule has 3 rings (SSSR count). The van der Waals surface area contributed by atoms with E-state index < -0.39 is 0 Å². The second kappa shape index (κ2) is 8.30. The quantitative estimate of drug-likeness (QED) is 0.659. The van der Waals surface area contributed by atoms with Gasteiger partial charge in [0.2, 0.25) is 0 Å². The van der Waals surface area contributed by atoms with E-state index in [2.05, 4.69) is 31.1 Å². The molecule has 0 bridgehead atoms. The Kier molecular flexibility index (Phi) is 5.83. The van der Waals surface area contributed by atoms with E-state index in [1.54, 1.807) is 6.20 Å². The molecule has 0 saturated carbocycles. The van der Waals surface area contributed by atoms with Crippen molar-refractivity contribution >= 4 is 22.5 Å². The molecule has 0 aliphatic rings. The summed E-state index contributed by atoms with van der Waals surface area (Å²) < 4.78 is 11.2. The summed E-state index contributed by atoms with van der Waals surface area (Å²) >= 11 is 0. The van der Waals surface area contributed by atoms with E-state index in [0.29, 0.717) is 23.8 Å². The van der Waals surface area contributed by atoms with Gasteiger partial charge in [-0.2, -0.15) is 0 Å². The molecule has 0 radical (unpaired) electrons. The van der Waals surface area contributed by atoms with Crippen LogP contribution in [0.3, 0.4) is 0 Å². The van der Waals surface area contributed by atoms with Crippen molar-refractivity contribution in [2.45, 2.75) is 33.1 Å². The molecule has 1 amide bonds. The van der Waals surface area contributed by atoms with Gasteiger partial charge in [-0.3, -0.25) is 9.78 Å². The van der Waals surface area contributed by atoms with E-state index in [-0.39, 0.29) is 17.9 Å². The molecule has 2 aromatic carbocycles. The summed E-state index contributed by atoms with van der Waals surface area (Å²) in [7, 11) is 0. The van der Waals surface area contributed by atoms with E-state index in [9.17, 15) is 4.79 Å². The lowest BCUT2D eigenvalue weighted by Crippen LogP contribution is -2.20. The van der Waals surface area contributed by atoms with E-state index in [1.165, 1.54) is 5.56 Å². The van der Waals surface area contributed by atoms with Crippen LogP contribution < -0.4 is 14.8 Å². The van der Waals surface area contributed by atoms with Gasteiger partial charge in [0.1, 0.15) is 17.0 Å². The summed E-state index contributed by atoms with van der Waals surface area (Å²) in [6, 6.07) is 15.2. The van der Waals surface area contributed by atoms with Crippen LogP contribution in [0.25, 0.3) is 10.9 Å². The molecule has 0 unspecified atom stereocenters. The normalized spacial score (nSPS) is 11.3. The molecule has 5 heteroatoms. The zero-order valence-electron chi connectivity index (χ0n) is 16.8. The van der Waals surface area contributed by atoms with Crippen LogP contribution in [-0.2, 0) is 10.2 Å². The highest BCUT2D eigenvalue weighted by Crippen LogP contribution is 2.30. The summed E-state index contributed by atoms with van der Waals surface area (Å²) in [6.45, 7) is 8.89. The Morgan fingerprint density at radius 2 is 1.79 bits per heavy atom. The number of amides is 1. The van der Waals surface area contributed by atoms with Gasteiger partial charge in [0.25, 0.3) is 5.91 Å². The van der Waals surface area contributed by atoms with Crippen LogP contribution in [-0.4, -0.2) is 24.1 Å². The minimum atomic E-state index is -0.228. The standard InChI is InChI=1S/C23H26N2O3/c1-5-27-20-13-12-19(18-7-6-14-24-22(18)20)25-21(26)15-28-17-10-8-16(9-11-17)23(2,3)4/h6-14H,5,15H2,1-4H3,(H,25,26). The number of anilines is 1. The number of rotatable bonds is 6. The predicted octanol–water partition coefficient (Wildman–Crippen LogP) is 4.95. The zero-order chi connectivity index (χ0) is 20.1. The number of carbonyl (C=O) groups excluding carboxylic acids is 1. The lowest BCUT2D eigenvalue weighted by Gasteiger charge is -2.19. The monoisotopic (exact) mass is 378 g/mol. The van der Waals surface area contributed by atoms with E-state index in [4.69, 9.17) is 9.47 Å². The number of carbonyl (C=O) groups is 1. The summed E-state index contributed by atoms with van der Waals surface area (Å²) in [5, 5.41) is 3.73. The van der Waals surface area contributed by atoms with E-state index in [1.807, 2.05) is 55.5 Å². The first-order valence-corrected chi connectivity index (χ1v) is 9.42. The maximum Gasteiger partial charge on any atom is 0.262 e. The number of hydrogen-bond acceptors (Lipinski definition) is 4. The minimum absolute atomic E-state index is 0.0656. The van der Waals surface area contributed by atoms with Gasteiger partial charge in [-0.1, -0.05) is 32.9 Å². The number of ether oxygens (including phenoxy) is 2. The summed E-state index contributed by atoms with van der Waals surface area (Å²) in [4.78, 5) is 16.8. The largest absolute Gasteiger partial charge is 0.492 e. The number of pyridine rings is 1. The van der Waals surface area contributed by atoms with E-state index in [0.717, 1.165) is 10.9 Å². The molecule has 0 saturated heterocycles. The van der Waals surface area contributed by atoms with Gasteiger partial charge in [0.05, 0.1) is 12.3 Å². The molecule has 146 valence electrons. The van der Waals surface area contributed by atoms with Crippen molar-refractivity contribution in [1.82, 2.24) is 4.98 Å². The fourth-order valence-corrected chi connectivity index (χ4v) is 2.91. The number of aromatic nitrogens is 1. The van der Waals surface area contributed by atoms with Crippen molar-refractivity contribution in [3.05, 3.63) is 60.3 Å². The molecule has 0 atom stereocenters. The number of nitrogens with one attached hydrogen (secondary N) is 1. The highest BCUT2D eigenvalue weighted by atomic mass is 16.5. The molecule has 1 N–H and O–H groups in total. The third-order valence-corrected chi connectivity index (χ3v) is 4.40. The Labute approximate surface area is 165 Å². The van der Waals surface area contributed by atoms with Gasteiger partial charge >= 0.3 is 0 Å². The van der Waals surface area contributed by atoms with Crippen molar-refractivity contribution in [1.29, 1.82) is 0 Å². The fourth-order valence-electron chi connectivity index (χ4n) is 2.91. The number of hydrogen-bond donors (Lipinski definition) is 1. The molecular formula is C23H26N2O3. The minimum Gasteiger partial charge on any atom is -0.492 e. The Hall–Kier alpha value is -3.08. The van der Waals surface area contributed by atoms with E-state index >= 15 is 0 Å². The molecular weight excluding hydrogens is 352 g/mol. The van der Waals surface area contributed by atoms with Gasteiger partial charge in [-0.15, -0.1) is 0 Å². The van der Waals surface area contributed by atoms with Crippen LogP contribution in [0.4, 0.5) is 5.69 Å². The summed E-state index contributed by atoms with van der Waals surface area (Å²) in [5.74, 6) is 1.14. The predicted molar refractivity (Wildman–Crippen MR) is 112 cm³/mol. The third-order valence-electron chi connectivity index (χ3n) is 4.40. The molecule has 28 heavy (non-hydrogen) atoms. The first-order chi connectivity index (χ1) is 13.4. The van der Waals surface area contributed by atoms with Crippen molar-refractivity contribution in [2.24, 2.45) is 0 Å². The topological polar surface area (TPSA) is 60.5 Å². The Morgan fingerprint density at radius 3 is 2.46 bits per heavy atom. The zero-order valence-corrected chi connectivity index (χ0v) is 16.8. The van der Waals surface area contributed by atoms with Crippen LogP contribution in [0.15, 0.2) is 54.7 Å². The molecule has 0 aliphatic heterocycles. The van der Waals surface area contributed by atoms with Gasteiger partial charge in [0, 0.05) is 11.6 Å². The first kappa shape index (κ1) is 19.7. The molecule has 1 heterocycles. The van der Waals surface area contributed by atoms with Gasteiger partial charge in [-0.25, -0.2) is 0 Å². The Balaban J connectivity index is 1.68. The number of benzene rings is 2. The van der Waals surface area contributed by atoms with Crippen molar-refractivity contribution in [3.8, 4) is 11.5 Å². The fraction of sp³-hybridized carbons (Fsp3) is 0.304. The second-order valence-electron chi connectivity index (χ2n) is 7.56. The Morgan fingerprint density at radius 1 is 1.04 bits per heavy atom. The lowest BCUT2D eigenvalue weighted by atomic mass is 9.87. The molecule has 1 aromatic heterocycles. The molecule has 0 aliphatic carbocycles. The molecule has 0 fully saturated rings. The summed E-state index contributed by atoms with van der Waals surface area (Å²) in [6.07, 6.45) is 1.71. The van der Waals surface area contributed by atoms with Gasteiger partial charge < -0.3 is 14.8 Å². The summed E-state index contributed by atoms with van der Waals surface area (Å²) in [5.41, 5.74) is 2.71. The van der Waals surface area contributed by atoms with Crippen LogP contribution in [0.2, 0.25) is 0 Å².